The van der Waals surface area contributed by atoms with Crippen molar-refractivity contribution in [1.82, 2.24) is 9.78 Å². The van der Waals surface area contributed by atoms with E-state index in [4.69, 9.17) is 11.6 Å². The normalized spacial score (nSPS) is 11.5. The van der Waals surface area contributed by atoms with Crippen LogP contribution in [0.1, 0.15) is 6.92 Å². The number of aryl methyl sites for hydroxylation is 1. The Morgan fingerprint density at radius 3 is 2.79 bits per heavy atom. The Morgan fingerprint density at radius 1 is 1.47 bits per heavy atom. The third-order valence-corrected chi connectivity index (χ3v) is 4.08. The van der Waals surface area contributed by atoms with Crippen molar-refractivity contribution < 1.29 is 12.8 Å². The molecular formula is C11H11ClFN3O2S. The van der Waals surface area contributed by atoms with E-state index in [-0.39, 0.29) is 9.92 Å². The van der Waals surface area contributed by atoms with Crippen LogP contribution in [-0.4, -0.2) is 18.2 Å². The Labute approximate surface area is 115 Å². The molecule has 0 aliphatic rings. The summed E-state index contributed by atoms with van der Waals surface area (Å²) < 4.78 is 41.0. The van der Waals surface area contributed by atoms with Crippen molar-refractivity contribution in [3.05, 3.63) is 41.4 Å². The molecule has 1 heterocycles. The number of halogens is 2. The zero-order valence-corrected chi connectivity index (χ0v) is 11.5. The molecule has 0 unspecified atom stereocenters. The third-order valence-electron chi connectivity index (χ3n) is 2.41. The van der Waals surface area contributed by atoms with Gasteiger partial charge in [0.2, 0.25) is 0 Å². The van der Waals surface area contributed by atoms with Crippen molar-refractivity contribution in [3.8, 4) is 0 Å². The summed E-state index contributed by atoms with van der Waals surface area (Å²) in [6, 6.07) is 3.21. The highest BCUT2D eigenvalue weighted by molar-refractivity contribution is 7.92. The largest absolute Gasteiger partial charge is 0.276 e. The summed E-state index contributed by atoms with van der Waals surface area (Å²) in [5, 5.41) is 3.70. The fourth-order valence-electron chi connectivity index (χ4n) is 1.45. The lowest BCUT2D eigenvalue weighted by atomic mass is 10.3. The van der Waals surface area contributed by atoms with Crippen LogP contribution in [0.3, 0.4) is 0 Å². The maximum absolute atomic E-state index is 13.0. The number of sulfonamides is 1. The number of benzene rings is 1. The maximum Gasteiger partial charge on any atom is 0.262 e. The molecule has 0 bridgehead atoms. The summed E-state index contributed by atoms with van der Waals surface area (Å²) in [5.41, 5.74) is 0.335. The zero-order chi connectivity index (χ0) is 14.0. The first-order valence-corrected chi connectivity index (χ1v) is 7.29. The van der Waals surface area contributed by atoms with E-state index in [2.05, 4.69) is 9.82 Å². The van der Waals surface area contributed by atoms with Gasteiger partial charge in [0.05, 0.1) is 21.8 Å². The summed E-state index contributed by atoms with van der Waals surface area (Å²) in [4.78, 5) is -0.108. The average molecular weight is 304 g/mol. The van der Waals surface area contributed by atoms with Crippen molar-refractivity contribution in [2.75, 3.05) is 4.72 Å². The van der Waals surface area contributed by atoms with E-state index in [9.17, 15) is 12.8 Å². The number of nitrogens with zero attached hydrogens (tertiary/aromatic N) is 2. The lowest BCUT2D eigenvalue weighted by molar-refractivity contribution is 0.599. The summed E-state index contributed by atoms with van der Waals surface area (Å²) in [6.07, 6.45) is 2.95. The van der Waals surface area contributed by atoms with E-state index in [1.54, 1.807) is 10.9 Å². The SMILES string of the molecule is CCn1cc(NS(=O)(=O)c2ccc(F)c(Cl)c2)cn1. The third kappa shape index (κ3) is 3.05. The molecule has 5 nitrogen and oxygen atoms in total. The second kappa shape index (κ2) is 5.18. The fraction of sp³-hybridized carbons (Fsp3) is 0.182. The van der Waals surface area contributed by atoms with Gasteiger partial charge in [-0.05, 0) is 25.1 Å². The average Bonchev–Trinajstić information content (AvgIpc) is 2.79. The van der Waals surface area contributed by atoms with Gasteiger partial charge in [0.25, 0.3) is 10.0 Å². The number of hydrogen-bond donors (Lipinski definition) is 1. The van der Waals surface area contributed by atoms with E-state index in [1.807, 2.05) is 6.92 Å². The molecule has 1 aromatic carbocycles. The van der Waals surface area contributed by atoms with Crippen molar-refractivity contribution >= 4 is 27.3 Å². The number of rotatable bonds is 4. The van der Waals surface area contributed by atoms with Gasteiger partial charge in [0.15, 0.2) is 0 Å². The molecule has 0 aliphatic heterocycles. The predicted octanol–water partition coefficient (Wildman–Crippen LogP) is 2.50. The van der Waals surface area contributed by atoms with Crippen LogP contribution in [0.5, 0.6) is 0 Å². The summed E-state index contributed by atoms with van der Waals surface area (Å²) in [5.74, 6) is -0.667. The highest BCUT2D eigenvalue weighted by Gasteiger charge is 2.16. The maximum atomic E-state index is 13.0. The Hall–Kier alpha value is -1.60. The second-order valence-electron chi connectivity index (χ2n) is 3.77. The van der Waals surface area contributed by atoms with Crippen LogP contribution in [0, 0.1) is 5.82 Å². The molecule has 0 radical (unpaired) electrons. The standard InChI is InChI=1S/C11H11ClFN3O2S/c1-2-16-7-8(6-14-16)15-19(17,18)9-3-4-11(13)10(12)5-9/h3-7,15H,2H2,1H3. The zero-order valence-electron chi connectivity index (χ0n) is 9.97. The van der Waals surface area contributed by atoms with Crippen LogP contribution in [0.15, 0.2) is 35.5 Å². The lowest BCUT2D eigenvalue weighted by Gasteiger charge is -2.06. The number of aromatic nitrogens is 2. The van der Waals surface area contributed by atoms with Crippen LogP contribution in [0.25, 0.3) is 0 Å². The van der Waals surface area contributed by atoms with E-state index in [0.29, 0.717) is 12.2 Å². The fourth-order valence-corrected chi connectivity index (χ4v) is 2.75. The molecule has 19 heavy (non-hydrogen) atoms. The first-order chi connectivity index (χ1) is 8.92. The van der Waals surface area contributed by atoms with Gasteiger partial charge in [-0.3, -0.25) is 9.40 Å². The smallest absolute Gasteiger partial charge is 0.262 e. The molecule has 0 aliphatic carbocycles. The molecule has 0 amide bonds. The highest BCUT2D eigenvalue weighted by atomic mass is 35.5. The van der Waals surface area contributed by atoms with Crippen molar-refractivity contribution in [3.63, 3.8) is 0 Å². The number of nitrogens with one attached hydrogen (secondary N) is 1. The van der Waals surface area contributed by atoms with Gasteiger partial charge in [-0.1, -0.05) is 11.6 Å². The number of hydrogen-bond acceptors (Lipinski definition) is 3. The first kappa shape index (κ1) is 13.8. The van der Waals surface area contributed by atoms with Crippen LogP contribution in [-0.2, 0) is 16.6 Å². The van der Waals surface area contributed by atoms with Gasteiger partial charge in [-0.25, -0.2) is 12.8 Å². The van der Waals surface area contributed by atoms with E-state index >= 15 is 0 Å². The molecule has 1 aromatic heterocycles. The summed E-state index contributed by atoms with van der Waals surface area (Å²) >= 11 is 5.57. The molecule has 2 rings (SSSR count). The van der Waals surface area contributed by atoms with Crippen molar-refractivity contribution in [2.24, 2.45) is 0 Å². The molecule has 0 spiro atoms. The van der Waals surface area contributed by atoms with Crippen LogP contribution >= 0.6 is 11.6 Å². The molecule has 0 saturated carbocycles. The Morgan fingerprint density at radius 2 is 2.21 bits per heavy atom. The Balaban J connectivity index is 2.29. The quantitative estimate of drug-likeness (QED) is 0.944. The molecule has 8 heteroatoms. The Kier molecular flexibility index (Phi) is 3.77. The monoisotopic (exact) mass is 303 g/mol. The van der Waals surface area contributed by atoms with Crippen molar-refractivity contribution in [2.45, 2.75) is 18.4 Å². The summed E-state index contributed by atoms with van der Waals surface area (Å²) in [7, 11) is -3.80. The van der Waals surface area contributed by atoms with Gasteiger partial charge < -0.3 is 0 Å². The van der Waals surface area contributed by atoms with Crippen LogP contribution in [0.4, 0.5) is 10.1 Å². The molecule has 102 valence electrons. The van der Waals surface area contributed by atoms with Gasteiger partial charge in [0, 0.05) is 12.7 Å². The lowest BCUT2D eigenvalue weighted by Crippen LogP contribution is -2.12. The van der Waals surface area contributed by atoms with E-state index in [1.165, 1.54) is 6.20 Å². The predicted molar refractivity (Wildman–Crippen MR) is 70.1 cm³/mol. The number of anilines is 1. The first-order valence-electron chi connectivity index (χ1n) is 5.42. The van der Waals surface area contributed by atoms with Crippen molar-refractivity contribution in [1.29, 1.82) is 0 Å². The highest BCUT2D eigenvalue weighted by Crippen LogP contribution is 2.21. The minimum Gasteiger partial charge on any atom is -0.276 e. The van der Waals surface area contributed by atoms with Crippen LogP contribution < -0.4 is 4.72 Å². The molecule has 1 N–H and O–H groups in total. The van der Waals surface area contributed by atoms with Gasteiger partial charge in [-0.2, -0.15) is 5.10 Å². The van der Waals surface area contributed by atoms with Gasteiger partial charge in [-0.15, -0.1) is 0 Å². The van der Waals surface area contributed by atoms with Crippen LogP contribution in [0.2, 0.25) is 5.02 Å². The molecule has 0 saturated heterocycles. The molecule has 0 fully saturated rings. The molecule has 2 aromatic rings. The molecule has 0 atom stereocenters. The minimum atomic E-state index is -3.80. The van der Waals surface area contributed by atoms with E-state index < -0.39 is 15.8 Å². The molecular weight excluding hydrogens is 293 g/mol. The summed E-state index contributed by atoms with van der Waals surface area (Å²) in [6.45, 7) is 2.51. The second-order valence-corrected chi connectivity index (χ2v) is 5.86. The topological polar surface area (TPSA) is 64.0 Å². The minimum absolute atomic E-state index is 0.108. The Bertz CT molecular complexity index is 700. The van der Waals surface area contributed by atoms with Gasteiger partial charge in [0.1, 0.15) is 5.82 Å². The van der Waals surface area contributed by atoms with Gasteiger partial charge >= 0.3 is 0 Å². The van der Waals surface area contributed by atoms with E-state index in [0.717, 1.165) is 18.2 Å².